The highest BCUT2D eigenvalue weighted by Crippen LogP contribution is 2.15. The molecule has 5 N–H and O–H groups in total. The highest BCUT2D eigenvalue weighted by atomic mass is 35.5. The summed E-state index contributed by atoms with van der Waals surface area (Å²) >= 11 is 5.71. The van der Waals surface area contributed by atoms with Crippen LogP contribution in [0.25, 0.3) is 0 Å². The van der Waals surface area contributed by atoms with Crippen LogP contribution in [0.5, 0.6) is 0 Å². The van der Waals surface area contributed by atoms with Crippen molar-refractivity contribution in [3.63, 3.8) is 0 Å². The van der Waals surface area contributed by atoms with E-state index in [9.17, 15) is 13.8 Å². The molecule has 0 radical (unpaired) electrons. The molecule has 9 nitrogen and oxygen atoms in total. The number of carbonyl (C=O) groups excluding carboxylic acids is 2. The van der Waals surface area contributed by atoms with Gasteiger partial charge in [-0.15, -0.1) is 0 Å². The lowest BCUT2D eigenvalue weighted by Gasteiger charge is -2.10. The van der Waals surface area contributed by atoms with Crippen LogP contribution in [0.15, 0.2) is 82.9 Å². The fourth-order valence-corrected chi connectivity index (χ4v) is 3.55. The van der Waals surface area contributed by atoms with Crippen molar-refractivity contribution in [3.05, 3.63) is 83.5 Å². The fourth-order valence-electron chi connectivity index (χ4n) is 2.61. The van der Waals surface area contributed by atoms with E-state index in [0.717, 1.165) is 5.01 Å². The second kappa shape index (κ2) is 10.8. The van der Waals surface area contributed by atoms with Crippen molar-refractivity contribution >= 4 is 51.6 Å². The van der Waals surface area contributed by atoms with Crippen molar-refractivity contribution in [2.24, 2.45) is 10.8 Å². The van der Waals surface area contributed by atoms with Gasteiger partial charge in [0, 0.05) is 22.5 Å². The number of aromatic nitrogens is 1. The van der Waals surface area contributed by atoms with Gasteiger partial charge in [-0.3, -0.25) is 14.3 Å². The van der Waals surface area contributed by atoms with Crippen LogP contribution in [0.3, 0.4) is 0 Å². The van der Waals surface area contributed by atoms with Crippen molar-refractivity contribution in [1.29, 1.82) is 0 Å². The third-order valence-electron chi connectivity index (χ3n) is 4.42. The predicted octanol–water partition coefficient (Wildman–Crippen LogP) is 2.82. The minimum absolute atomic E-state index is 0.341. The number of halogens is 1. The molecular formula is C22H21ClN6O3S. The first kappa shape index (κ1) is 24.1. The number of benzene rings is 2. The molecule has 4 rings (SSSR count). The Morgan fingerprint density at radius 1 is 1.09 bits per heavy atom. The van der Waals surface area contributed by atoms with Crippen LogP contribution in [0, 0.1) is 0 Å². The standard InChI is InChI=1S/C11H10ClN3O2.C11H11N3OS/c1-6-9(13)11(17)15(14-6)10(16)7-2-4-8(12)5-3-7;12-9-4-6-10(7-5-9)16(15)14-11-3-1-2-8-13-11/h2-5,9H,13H2,1H3;1-8H,12H2,(H,13,14). The number of imide groups is 1. The van der Waals surface area contributed by atoms with E-state index in [1.807, 2.05) is 6.07 Å². The summed E-state index contributed by atoms with van der Waals surface area (Å²) in [4.78, 5) is 28.3. The highest BCUT2D eigenvalue weighted by Gasteiger charge is 2.35. The van der Waals surface area contributed by atoms with Gasteiger partial charge >= 0.3 is 0 Å². The minimum atomic E-state index is -1.31. The van der Waals surface area contributed by atoms with Gasteiger partial charge in [0.25, 0.3) is 11.8 Å². The molecule has 2 aromatic carbocycles. The number of rotatable bonds is 4. The number of pyridine rings is 1. The molecule has 0 saturated carbocycles. The summed E-state index contributed by atoms with van der Waals surface area (Å²) in [5.41, 5.74) is 12.5. The average Bonchev–Trinajstić information content (AvgIpc) is 3.08. The first-order chi connectivity index (χ1) is 15.8. The molecule has 0 bridgehead atoms. The summed E-state index contributed by atoms with van der Waals surface area (Å²) < 4.78 is 14.6. The van der Waals surface area contributed by atoms with Crippen molar-refractivity contribution in [1.82, 2.24) is 9.99 Å². The second-order valence-corrected chi connectivity index (χ2v) is 8.49. The van der Waals surface area contributed by atoms with Crippen LogP contribution in [0.2, 0.25) is 5.02 Å². The van der Waals surface area contributed by atoms with Gasteiger partial charge in [-0.05, 0) is 67.6 Å². The highest BCUT2D eigenvalue weighted by molar-refractivity contribution is 7.86. The monoisotopic (exact) mass is 484 g/mol. The Labute approximate surface area is 198 Å². The van der Waals surface area contributed by atoms with Gasteiger partial charge in [0.15, 0.2) is 11.0 Å². The number of nitrogens with two attached hydrogens (primary N) is 2. The molecule has 11 heteroatoms. The Morgan fingerprint density at radius 3 is 2.30 bits per heavy atom. The molecule has 2 amide bonds. The zero-order valence-electron chi connectivity index (χ0n) is 17.5. The van der Waals surface area contributed by atoms with Crippen molar-refractivity contribution < 1.29 is 13.8 Å². The van der Waals surface area contributed by atoms with E-state index in [0.29, 0.717) is 32.7 Å². The van der Waals surface area contributed by atoms with Gasteiger partial charge in [-0.2, -0.15) is 10.1 Å². The maximum atomic E-state index is 12.0. The van der Waals surface area contributed by atoms with E-state index in [1.165, 1.54) is 12.1 Å². The number of hydrogen-bond donors (Lipinski definition) is 3. The lowest BCUT2D eigenvalue weighted by molar-refractivity contribution is -0.127. The Morgan fingerprint density at radius 2 is 1.76 bits per heavy atom. The SMILES string of the molecule is CC1=NN(C(=O)c2ccc(Cl)cc2)C(=O)C1N.Nc1ccc(S(=O)Nc2ccccn2)cc1. The number of carbonyl (C=O) groups is 2. The largest absolute Gasteiger partial charge is 0.399 e. The molecule has 33 heavy (non-hydrogen) atoms. The van der Waals surface area contributed by atoms with Crippen LogP contribution in [-0.2, 0) is 15.8 Å². The van der Waals surface area contributed by atoms with Gasteiger partial charge < -0.3 is 11.5 Å². The zero-order chi connectivity index (χ0) is 24.0. The first-order valence-corrected chi connectivity index (χ1v) is 11.2. The van der Waals surface area contributed by atoms with Crippen LogP contribution in [0.1, 0.15) is 17.3 Å². The van der Waals surface area contributed by atoms with Crippen LogP contribution in [0.4, 0.5) is 11.5 Å². The minimum Gasteiger partial charge on any atom is -0.399 e. The first-order valence-electron chi connectivity index (χ1n) is 9.66. The molecular weight excluding hydrogens is 464 g/mol. The third-order valence-corrected chi connectivity index (χ3v) is 5.77. The predicted molar refractivity (Wildman–Crippen MR) is 129 cm³/mol. The van der Waals surface area contributed by atoms with E-state index < -0.39 is 28.8 Å². The third kappa shape index (κ3) is 6.22. The molecule has 2 unspecified atom stereocenters. The van der Waals surface area contributed by atoms with E-state index >= 15 is 0 Å². The maximum Gasteiger partial charge on any atom is 0.281 e. The molecule has 0 aliphatic carbocycles. The van der Waals surface area contributed by atoms with Gasteiger partial charge in [-0.1, -0.05) is 17.7 Å². The summed E-state index contributed by atoms with van der Waals surface area (Å²) in [6.07, 6.45) is 1.64. The number of amides is 2. The quantitative estimate of drug-likeness (QED) is 0.383. The topological polar surface area (TPSA) is 144 Å². The molecule has 1 aliphatic heterocycles. The molecule has 3 aromatic rings. The Kier molecular flexibility index (Phi) is 7.88. The number of nitrogens with zero attached hydrogens (tertiary/aromatic N) is 3. The average molecular weight is 485 g/mol. The molecule has 0 spiro atoms. The van der Waals surface area contributed by atoms with E-state index in [2.05, 4.69) is 14.8 Å². The molecule has 2 heterocycles. The van der Waals surface area contributed by atoms with E-state index in [-0.39, 0.29) is 0 Å². The van der Waals surface area contributed by atoms with Gasteiger partial charge in [0.1, 0.15) is 11.9 Å². The molecule has 1 aliphatic rings. The van der Waals surface area contributed by atoms with Crippen molar-refractivity contribution in [2.45, 2.75) is 17.9 Å². The molecule has 1 aromatic heterocycles. The van der Waals surface area contributed by atoms with E-state index in [1.54, 1.807) is 61.7 Å². The smallest absolute Gasteiger partial charge is 0.281 e. The summed E-state index contributed by atoms with van der Waals surface area (Å²) in [6, 6.07) is 17.7. The van der Waals surface area contributed by atoms with Crippen molar-refractivity contribution in [3.8, 4) is 0 Å². The maximum absolute atomic E-state index is 12.0. The summed E-state index contributed by atoms with van der Waals surface area (Å²) in [5, 5.41) is 5.16. The summed E-state index contributed by atoms with van der Waals surface area (Å²) in [7, 11) is -1.31. The Bertz CT molecular complexity index is 1190. The van der Waals surface area contributed by atoms with Crippen LogP contribution < -0.4 is 16.2 Å². The lowest BCUT2D eigenvalue weighted by atomic mass is 10.2. The van der Waals surface area contributed by atoms with Gasteiger partial charge in [-0.25, -0.2) is 9.19 Å². The second-order valence-electron chi connectivity index (χ2n) is 6.84. The molecule has 170 valence electrons. The van der Waals surface area contributed by atoms with Crippen LogP contribution in [-0.4, -0.2) is 37.8 Å². The Balaban J connectivity index is 0.000000186. The van der Waals surface area contributed by atoms with Gasteiger partial charge in [0.2, 0.25) is 0 Å². The number of hydrazone groups is 1. The summed E-state index contributed by atoms with van der Waals surface area (Å²) in [6.45, 7) is 1.61. The zero-order valence-corrected chi connectivity index (χ0v) is 19.1. The van der Waals surface area contributed by atoms with E-state index in [4.69, 9.17) is 23.1 Å². The fraction of sp³-hybridized carbons (Fsp3) is 0.0909. The number of nitrogen functional groups attached to an aromatic ring is 1. The normalized spacial score (nSPS) is 15.8. The lowest BCUT2D eigenvalue weighted by Crippen LogP contribution is -2.40. The van der Waals surface area contributed by atoms with Crippen LogP contribution >= 0.6 is 11.6 Å². The molecule has 0 saturated heterocycles. The molecule has 2 atom stereocenters. The number of anilines is 2. The molecule has 0 fully saturated rings. The number of nitrogens with one attached hydrogen (secondary N) is 1. The number of hydrogen-bond acceptors (Lipinski definition) is 7. The van der Waals surface area contributed by atoms with Gasteiger partial charge in [0.05, 0.1) is 10.6 Å². The Hall–Kier alpha value is -3.60. The summed E-state index contributed by atoms with van der Waals surface area (Å²) in [5.74, 6) is -0.431. The van der Waals surface area contributed by atoms with Crippen molar-refractivity contribution in [2.75, 3.05) is 10.5 Å².